The summed E-state index contributed by atoms with van der Waals surface area (Å²) in [5, 5.41) is 3.38. The summed E-state index contributed by atoms with van der Waals surface area (Å²) in [6.45, 7) is 7.58. The number of nitrogens with zero attached hydrogens (tertiary/aromatic N) is 3. The van der Waals surface area contributed by atoms with Crippen LogP contribution in [-0.4, -0.2) is 71.7 Å². The number of urea groups is 1. The van der Waals surface area contributed by atoms with Gasteiger partial charge in [-0.3, -0.25) is 9.69 Å². The molecule has 4 rings (SSSR count). The van der Waals surface area contributed by atoms with Crippen molar-refractivity contribution in [3.63, 3.8) is 0 Å². The first-order chi connectivity index (χ1) is 13.4. The molecule has 2 fully saturated rings. The number of hydrogen-bond acceptors (Lipinski definition) is 6. The molecule has 2 aromatic rings. The monoisotopic (exact) mass is 387 g/mol. The standard InChI is InChI=1S/C19H25N5O4/c1-11-3-4-14-15(16(17(20)25)28-18(14)21-11)22-19(26)23-6-5-13(9-23)24-7-8-27-10-12(24)2/h3-4,12-13H,5-10H2,1-2H3,(H2,20,25)(H,22,26)/t12-,13?/m0/s1. The van der Waals surface area contributed by atoms with E-state index in [0.717, 1.165) is 31.9 Å². The molecule has 2 aliphatic rings. The Bertz CT molecular complexity index is 911. The zero-order valence-electron chi connectivity index (χ0n) is 16.1. The Morgan fingerprint density at radius 1 is 1.32 bits per heavy atom. The van der Waals surface area contributed by atoms with Crippen LogP contribution in [0.3, 0.4) is 0 Å². The minimum atomic E-state index is -0.743. The maximum atomic E-state index is 12.9. The summed E-state index contributed by atoms with van der Waals surface area (Å²) in [5.74, 6) is -0.827. The van der Waals surface area contributed by atoms with Crippen molar-refractivity contribution in [3.05, 3.63) is 23.6 Å². The van der Waals surface area contributed by atoms with Gasteiger partial charge >= 0.3 is 6.03 Å². The van der Waals surface area contributed by atoms with Crippen molar-refractivity contribution >= 4 is 28.7 Å². The van der Waals surface area contributed by atoms with E-state index in [1.807, 2.05) is 6.92 Å². The van der Waals surface area contributed by atoms with E-state index < -0.39 is 5.91 Å². The average Bonchev–Trinajstić information content (AvgIpc) is 3.27. The Hall–Kier alpha value is -2.65. The van der Waals surface area contributed by atoms with Crippen LogP contribution < -0.4 is 11.1 Å². The van der Waals surface area contributed by atoms with Crippen molar-refractivity contribution in [3.8, 4) is 0 Å². The third-order valence-electron chi connectivity index (χ3n) is 5.49. The third kappa shape index (κ3) is 3.43. The smallest absolute Gasteiger partial charge is 0.322 e. The second-order valence-electron chi connectivity index (χ2n) is 7.46. The number of aryl methyl sites for hydroxylation is 1. The second-order valence-corrected chi connectivity index (χ2v) is 7.46. The third-order valence-corrected chi connectivity index (χ3v) is 5.49. The number of nitrogens with one attached hydrogen (secondary N) is 1. The van der Waals surface area contributed by atoms with Crippen molar-refractivity contribution in [2.45, 2.75) is 32.4 Å². The van der Waals surface area contributed by atoms with E-state index in [-0.39, 0.29) is 23.2 Å². The van der Waals surface area contributed by atoms with Crippen LogP contribution in [0.25, 0.3) is 11.1 Å². The molecule has 9 nitrogen and oxygen atoms in total. The van der Waals surface area contributed by atoms with Crippen LogP contribution in [0.5, 0.6) is 0 Å². The van der Waals surface area contributed by atoms with Gasteiger partial charge in [0.25, 0.3) is 5.91 Å². The zero-order chi connectivity index (χ0) is 19.8. The largest absolute Gasteiger partial charge is 0.430 e. The number of furan rings is 1. The number of primary amides is 1. The van der Waals surface area contributed by atoms with Crippen LogP contribution in [0.1, 0.15) is 29.6 Å². The van der Waals surface area contributed by atoms with Gasteiger partial charge in [-0.2, -0.15) is 0 Å². The van der Waals surface area contributed by atoms with E-state index in [9.17, 15) is 9.59 Å². The summed E-state index contributed by atoms with van der Waals surface area (Å²) in [4.78, 5) is 33.1. The molecule has 1 unspecified atom stereocenters. The molecular formula is C19H25N5O4. The average molecular weight is 387 g/mol. The number of fused-ring (bicyclic) bond motifs is 1. The number of ether oxygens (including phenoxy) is 1. The first kappa shape index (κ1) is 18.7. The molecule has 2 atom stereocenters. The number of aromatic nitrogens is 1. The van der Waals surface area contributed by atoms with Crippen LogP contribution in [0.15, 0.2) is 16.5 Å². The first-order valence-electron chi connectivity index (χ1n) is 9.53. The van der Waals surface area contributed by atoms with E-state index in [1.54, 1.807) is 17.0 Å². The Morgan fingerprint density at radius 2 is 2.14 bits per heavy atom. The minimum Gasteiger partial charge on any atom is -0.430 e. The van der Waals surface area contributed by atoms with Crippen molar-refractivity contribution < 1.29 is 18.7 Å². The fourth-order valence-corrected chi connectivity index (χ4v) is 4.03. The van der Waals surface area contributed by atoms with Gasteiger partial charge in [0.15, 0.2) is 0 Å². The van der Waals surface area contributed by atoms with E-state index in [1.165, 1.54) is 0 Å². The molecule has 0 bridgehead atoms. The lowest BCUT2D eigenvalue weighted by Gasteiger charge is -2.37. The van der Waals surface area contributed by atoms with Crippen molar-refractivity contribution in [2.75, 3.05) is 38.2 Å². The van der Waals surface area contributed by atoms with E-state index in [2.05, 4.69) is 22.1 Å². The highest BCUT2D eigenvalue weighted by Gasteiger charge is 2.34. The molecule has 0 radical (unpaired) electrons. The van der Waals surface area contributed by atoms with Gasteiger partial charge < -0.3 is 25.1 Å². The normalized spacial score (nSPS) is 23.3. The maximum absolute atomic E-state index is 12.9. The van der Waals surface area contributed by atoms with Gasteiger partial charge in [-0.05, 0) is 32.4 Å². The molecule has 0 aliphatic carbocycles. The Labute approximate surface area is 162 Å². The van der Waals surface area contributed by atoms with Crippen LogP contribution in [0.4, 0.5) is 10.5 Å². The molecule has 9 heteroatoms. The number of carbonyl (C=O) groups excluding carboxylic acids is 2. The van der Waals surface area contributed by atoms with E-state index in [4.69, 9.17) is 14.9 Å². The molecule has 150 valence electrons. The summed E-state index contributed by atoms with van der Waals surface area (Å²) in [6, 6.07) is 3.95. The topological polar surface area (TPSA) is 114 Å². The summed E-state index contributed by atoms with van der Waals surface area (Å²) >= 11 is 0. The molecule has 3 amide bonds. The summed E-state index contributed by atoms with van der Waals surface area (Å²) < 4.78 is 11.0. The highest BCUT2D eigenvalue weighted by Crippen LogP contribution is 2.30. The lowest BCUT2D eigenvalue weighted by molar-refractivity contribution is -0.0192. The summed E-state index contributed by atoms with van der Waals surface area (Å²) in [5.41, 5.74) is 6.75. The lowest BCUT2D eigenvalue weighted by atomic mass is 10.1. The van der Waals surface area contributed by atoms with Gasteiger partial charge in [-0.25, -0.2) is 9.78 Å². The first-order valence-corrected chi connectivity index (χ1v) is 9.53. The number of anilines is 1. The molecule has 2 aromatic heterocycles. The quantitative estimate of drug-likeness (QED) is 0.826. The van der Waals surface area contributed by atoms with Gasteiger partial charge in [0.05, 0.1) is 18.6 Å². The zero-order valence-corrected chi connectivity index (χ0v) is 16.1. The SMILES string of the molecule is Cc1ccc2c(NC(=O)N3CCC(N4CCOC[C@@H]4C)C3)c(C(N)=O)oc2n1. The van der Waals surface area contributed by atoms with Crippen LogP contribution in [0, 0.1) is 6.92 Å². The molecule has 4 heterocycles. The number of morpholine rings is 1. The van der Waals surface area contributed by atoms with Crippen LogP contribution in [-0.2, 0) is 4.74 Å². The Balaban J connectivity index is 1.51. The van der Waals surface area contributed by atoms with Crippen molar-refractivity contribution in [1.82, 2.24) is 14.8 Å². The summed E-state index contributed by atoms with van der Waals surface area (Å²) in [6.07, 6.45) is 0.910. The maximum Gasteiger partial charge on any atom is 0.322 e. The lowest BCUT2D eigenvalue weighted by Crippen LogP contribution is -2.50. The number of amides is 3. The fraction of sp³-hybridized carbons (Fsp3) is 0.526. The van der Waals surface area contributed by atoms with Gasteiger partial charge in [0.2, 0.25) is 11.5 Å². The Morgan fingerprint density at radius 3 is 2.89 bits per heavy atom. The van der Waals surface area contributed by atoms with Gasteiger partial charge in [0.1, 0.15) is 5.69 Å². The molecule has 2 aliphatic heterocycles. The second kappa shape index (κ2) is 7.40. The molecule has 0 aromatic carbocycles. The van der Waals surface area contributed by atoms with Gasteiger partial charge in [0, 0.05) is 37.4 Å². The van der Waals surface area contributed by atoms with Crippen LogP contribution in [0.2, 0.25) is 0 Å². The number of carbonyl (C=O) groups is 2. The predicted molar refractivity (Wildman–Crippen MR) is 103 cm³/mol. The number of rotatable bonds is 3. The summed E-state index contributed by atoms with van der Waals surface area (Å²) in [7, 11) is 0. The number of nitrogens with two attached hydrogens (primary N) is 1. The predicted octanol–water partition coefficient (Wildman–Crippen LogP) is 1.56. The molecule has 0 saturated carbocycles. The minimum absolute atomic E-state index is 0.0843. The highest BCUT2D eigenvalue weighted by molar-refractivity contribution is 6.09. The molecule has 2 saturated heterocycles. The van der Waals surface area contributed by atoms with Gasteiger partial charge in [-0.15, -0.1) is 0 Å². The number of likely N-dealkylation sites (tertiary alicyclic amines) is 1. The molecule has 0 spiro atoms. The molecule has 28 heavy (non-hydrogen) atoms. The fourth-order valence-electron chi connectivity index (χ4n) is 4.03. The molecule has 3 N–H and O–H groups in total. The highest BCUT2D eigenvalue weighted by atomic mass is 16.5. The number of hydrogen-bond donors (Lipinski definition) is 2. The van der Waals surface area contributed by atoms with Gasteiger partial charge in [-0.1, -0.05) is 0 Å². The van der Waals surface area contributed by atoms with Crippen LogP contribution >= 0.6 is 0 Å². The molecular weight excluding hydrogens is 362 g/mol. The van der Waals surface area contributed by atoms with E-state index in [0.29, 0.717) is 30.6 Å². The van der Waals surface area contributed by atoms with Crippen molar-refractivity contribution in [2.24, 2.45) is 5.73 Å². The van der Waals surface area contributed by atoms with Crippen molar-refractivity contribution in [1.29, 1.82) is 0 Å². The van der Waals surface area contributed by atoms with E-state index >= 15 is 0 Å². The number of pyridine rings is 1. The Kier molecular flexibility index (Phi) is 4.94.